The molecule has 0 atom stereocenters. The Labute approximate surface area is 301 Å². The largest absolute Gasteiger partial charge is 0.437 e. The Morgan fingerprint density at radius 2 is 1.73 bits per heavy atom. The summed E-state index contributed by atoms with van der Waals surface area (Å²) in [7, 11) is 0.719. The molecule has 0 aliphatic carbocycles. The second-order valence-electron chi connectivity index (χ2n) is 14.3. The minimum Gasteiger partial charge on any atom is -0.437 e. The molecule has 15 heteroatoms. The number of hydrogen-bond donors (Lipinski definition) is 1. The van der Waals surface area contributed by atoms with E-state index in [-0.39, 0.29) is 41.7 Å². The number of hydrogen-bond acceptors (Lipinski definition) is 9. The van der Waals surface area contributed by atoms with E-state index < -0.39 is 25.7 Å². The average Bonchev–Trinajstić information content (AvgIpc) is 3.51. The van der Waals surface area contributed by atoms with Crippen LogP contribution in [0.4, 0.5) is 18.9 Å². The van der Waals surface area contributed by atoms with Gasteiger partial charge in [0.2, 0.25) is 0 Å². The summed E-state index contributed by atoms with van der Waals surface area (Å²) in [5, 5.41) is 2.66. The van der Waals surface area contributed by atoms with Gasteiger partial charge in [0, 0.05) is 76.6 Å². The molecule has 0 saturated carbocycles. The number of alkyl halides is 3. The van der Waals surface area contributed by atoms with Crippen LogP contribution in [-0.2, 0) is 24.2 Å². The van der Waals surface area contributed by atoms with Crippen molar-refractivity contribution in [1.82, 2.24) is 34.3 Å². The Morgan fingerprint density at radius 3 is 2.44 bits per heavy atom. The number of fused-ring (bicyclic) bond motifs is 1. The summed E-state index contributed by atoms with van der Waals surface area (Å²) in [4.78, 5) is 35.8. The number of carbonyl (C=O) groups excluding carboxylic acids is 1. The van der Waals surface area contributed by atoms with Crippen molar-refractivity contribution in [3.63, 3.8) is 0 Å². The first-order valence-electron chi connectivity index (χ1n) is 17.2. The van der Waals surface area contributed by atoms with E-state index in [1.807, 2.05) is 11.9 Å². The zero-order valence-corrected chi connectivity index (χ0v) is 31.0. The molecule has 1 amide bonds. The topological polar surface area (TPSA) is 111 Å². The highest BCUT2D eigenvalue weighted by Gasteiger charge is 2.34. The van der Waals surface area contributed by atoms with Gasteiger partial charge in [-0.1, -0.05) is 31.8 Å². The average molecular weight is 733 g/mol. The number of carbonyl (C=O) groups is 1. The number of anilines is 1. The normalized spacial score (nSPS) is 14.5. The zero-order valence-electron chi connectivity index (χ0n) is 30.0. The van der Waals surface area contributed by atoms with E-state index in [1.54, 1.807) is 54.5 Å². The highest BCUT2D eigenvalue weighted by Crippen LogP contribution is 2.35. The molecule has 1 aliphatic heterocycles. The van der Waals surface area contributed by atoms with Crippen LogP contribution >= 0.6 is 0 Å². The monoisotopic (exact) mass is 732 g/mol. The summed E-state index contributed by atoms with van der Waals surface area (Å²) >= 11 is 0. The number of aryl methyl sites for hydroxylation is 1. The van der Waals surface area contributed by atoms with E-state index >= 15 is 0 Å². The molecule has 11 nitrogen and oxygen atoms in total. The predicted octanol–water partition coefficient (Wildman–Crippen LogP) is 7.32. The summed E-state index contributed by atoms with van der Waals surface area (Å²) < 4.78 is 56.7. The van der Waals surface area contributed by atoms with Gasteiger partial charge in [-0.05, 0) is 67.5 Å². The molecule has 5 aromatic rings. The highest BCUT2D eigenvalue weighted by atomic mass is 28.3. The number of pyridine rings is 1. The van der Waals surface area contributed by atoms with Gasteiger partial charge in [0.25, 0.3) is 11.8 Å². The molecular formula is C37H43F3N8O3Si. The van der Waals surface area contributed by atoms with Crippen molar-refractivity contribution in [2.45, 2.75) is 52.1 Å². The van der Waals surface area contributed by atoms with Crippen LogP contribution in [0.15, 0.2) is 67.3 Å². The number of imidazole rings is 1. The molecule has 1 saturated heterocycles. The third-order valence-corrected chi connectivity index (χ3v) is 10.6. The summed E-state index contributed by atoms with van der Waals surface area (Å²) in [6, 6.07) is 13.5. The Balaban J connectivity index is 1.24. The van der Waals surface area contributed by atoms with Gasteiger partial charge < -0.3 is 19.7 Å². The SMILES string of the molecule is Cc1ccc(Oc2nc(-c3ccncc3)nc3c2ncn3COCC[Si](C)(C)C)cc1C(=O)Nc1ccc(CN2CCN(C)CC2)c(C(F)(F)F)c1. The van der Waals surface area contributed by atoms with Crippen molar-refractivity contribution in [2.24, 2.45) is 0 Å². The van der Waals surface area contributed by atoms with Gasteiger partial charge in [-0.25, -0.2) is 9.97 Å². The highest BCUT2D eigenvalue weighted by molar-refractivity contribution is 6.76. The number of aromatic nitrogens is 5. The summed E-state index contributed by atoms with van der Waals surface area (Å²) in [5.74, 6) is 0.262. The van der Waals surface area contributed by atoms with Crippen LogP contribution in [0.2, 0.25) is 25.7 Å². The minimum atomic E-state index is -4.59. The fraction of sp³-hybridized carbons (Fsp3) is 0.378. The van der Waals surface area contributed by atoms with Gasteiger partial charge >= 0.3 is 6.18 Å². The molecule has 3 aromatic heterocycles. The van der Waals surface area contributed by atoms with Gasteiger partial charge in [0.05, 0.1) is 11.9 Å². The lowest BCUT2D eigenvalue weighted by molar-refractivity contribution is -0.138. The van der Waals surface area contributed by atoms with Crippen molar-refractivity contribution in [1.29, 1.82) is 0 Å². The van der Waals surface area contributed by atoms with Crippen LogP contribution in [0.5, 0.6) is 11.6 Å². The van der Waals surface area contributed by atoms with Crippen LogP contribution in [0, 0.1) is 6.92 Å². The molecule has 2 aromatic carbocycles. The molecule has 4 heterocycles. The first-order chi connectivity index (χ1) is 24.7. The summed E-state index contributed by atoms with van der Waals surface area (Å²) in [5.41, 5.74) is 1.90. The first kappa shape index (κ1) is 37.1. The quantitative estimate of drug-likeness (QED) is 0.104. The Kier molecular flexibility index (Phi) is 11.0. The molecule has 0 unspecified atom stereocenters. The van der Waals surface area contributed by atoms with Crippen molar-refractivity contribution in [3.05, 3.63) is 89.5 Å². The lowest BCUT2D eigenvalue weighted by Crippen LogP contribution is -2.44. The fourth-order valence-corrected chi connectivity index (χ4v) is 6.53. The second kappa shape index (κ2) is 15.5. The van der Waals surface area contributed by atoms with E-state index in [1.165, 1.54) is 18.2 Å². The maximum atomic E-state index is 14.2. The summed E-state index contributed by atoms with van der Waals surface area (Å²) in [6.45, 7) is 12.6. The third kappa shape index (κ3) is 9.20. The second-order valence-corrected chi connectivity index (χ2v) is 19.9. The molecule has 1 N–H and O–H groups in total. The van der Waals surface area contributed by atoms with E-state index in [2.05, 4.69) is 44.8 Å². The van der Waals surface area contributed by atoms with Crippen LogP contribution < -0.4 is 10.1 Å². The van der Waals surface area contributed by atoms with Crippen LogP contribution in [0.25, 0.3) is 22.6 Å². The van der Waals surface area contributed by atoms with Crippen molar-refractivity contribution in [3.8, 4) is 23.0 Å². The number of halogens is 3. The molecule has 274 valence electrons. The molecule has 0 bridgehead atoms. The van der Waals surface area contributed by atoms with E-state index in [4.69, 9.17) is 14.5 Å². The lowest BCUT2D eigenvalue weighted by atomic mass is 10.0. The predicted molar refractivity (Wildman–Crippen MR) is 196 cm³/mol. The van der Waals surface area contributed by atoms with Gasteiger partial charge in [-0.3, -0.25) is 19.2 Å². The molecule has 6 rings (SSSR count). The number of piperazine rings is 1. The van der Waals surface area contributed by atoms with Crippen LogP contribution in [0.3, 0.4) is 0 Å². The third-order valence-electron chi connectivity index (χ3n) is 8.93. The number of nitrogens with zero attached hydrogens (tertiary/aromatic N) is 7. The zero-order chi connectivity index (χ0) is 37.0. The first-order valence-corrected chi connectivity index (χ1v) is 20.9. The van der Waals surface area contributed by atoms with Crippen molar-refractivity contribution in [2.75, 3.05) is 45.2 Å². The Bertz CT molecular complexity index is 2030. The van der Waals surface area contributed by atoms with Crippen molar-refractivity contribution >= 4 is 30.8 Å². The lowest BCUT2D eigenvalue weighted by Gasteiger charge is -2.33. The number of nitrogens with one attached hydrogen (secondary N) is 1. The molecule has 1 fully saturated rings. The number of likely N-dealkylation sites (N-methyl/N-ethyl adjacent to an activating group) is 1. The standard InChI is InChI=1S/C37H43F3N8O3Si/c1-25-6-9-29(21-30(25)35(49)43-28-8-7-27(31(20-28)37(38,39)40)22-47-16-14-46(2)15-17-47)51-36-32-34(44-33(45-36)26-10-12-41-13-11-26)48(23-42-32)24-50-18-19-52(3,4)5/h6-13,20-21,23H,14-19,22,24H2,1-5H3,(H,43,49). The number of ether oxygens (including phenoxy) is 2. The smallest absolute Gasteiger partial charge is 0.416 e. The van der Waals surface area contributed by atoms with Gasteiger partial charge in [0.15, 0.2) is 17.0 Å². The van der Waals surface area contributed by atoms with Gasteiger partial charge in [0.1, 0.15) is 12.5 Å². The number of amides is 1. The van der Waals surface area contributed by atoms with Crippen LogP contribution in [-0.4, -0.2) is 88.1 Å². The van der Waals surface area contributed by atoms with Crippen molar-refractivity contribution < 1.29 is 27.4 Å². The number of benzene rings is 2. The fourth-order valence-electron chi connectivity index (χ4n) is 5.78. The maximum absolute atomic E-state index is 14.2. The van der Waals surface area contributed by atoms with E-state index in [0.717, 1.165) is 25.2 Å². The summed E-state index contributed by atoms with van der Waals surface area (Å²) in [6.07, 6.45) is 0.321. The van der Waals surface area contributed by atoms with Crippen LogP contribution in [0.1, 0.15) is 27.0 Å². The number of rotatable bonds is 12. The van der Waals surface area contributed by atoms with E-state index in [9.17, 15) is 18.0 Å². The Morgan fingerprint density at radius 1 is 0.981 bits per heavy atom. The van der Waals surface area contributed by atoms with Gasteiger partial charge in [-0.15, -0.1) is 0 Å². The molecule has 1 aliphatic rings. The molecule has 0 spiro atoms. The minimum absolute atomic E-state index is 0.0438. The molecule has 52 heavy (non-hydrogen) atoms. The van der Waals surface area contributed by atoms with Gasteiger partial charge in [-0.2, -0.15) is 18.2 Å². The maximum Gasteiger partial charge on any atom is 0.416 e. The Hall–Kier alpha value is -4.70. The molecule has 0 radical (unpaired) electrons. The molecular weight excluding hydrogens is 690 g/mol. The van der Waals surface area contributed by atoms with E-state index in [0.29, 0.717) is 47.8 Å².